The summed E-state index contributed by atoms with van der Waals surface area (Å²) in [6.07, 6.45) is 0.742. The molecule has 2 aromatic rings. The Morgan fingerprint density at radius 1 is 1.38 bits per heavy atom. The minimum Gasteiger partial charge on any atom is -0.506 e. The second-order valence-electron chi connectivity index (χ2n) is 9.06. The van der Waals surface area contributed by atoms with Gasteiger partial charge in [-0.05, 0) is 39.3 Å². The van der Waals surface area contributed by atoms with Crippen molar-refractivity contribution in [2.45, 2.75) is 57.4 Å². The molecule has 1 aromatic carbocycles. The lowest BCUT2D eigenvalue weighted by Crippen LogP contribution is -2.66. The van der Waals surface area contributed by atoms with Crippen molar-refractivity contribution in [2.75, 3.05) is 20.8 Å². The first-order chi connectivity index (χ1) is 19.0. The fourth-order valence-corrected chi connectivity index (χ4v) is 4.55. The summed E-state index contributed by atoms with van der Waals surface area (Å²) in [6.45, 7) is 8.31. The smallest absolute Gasteiger partial charge is 0.431 e. The predicted molar refractivity (Wildman–Crippen MR) is 142 cm³/mol. The van der Waals surface area contributed by atoms with Crippen LogP contribution < -0.4 is 15.8 Å². The van der Waals surface area contributed by atoms with Crippen molar-refractivity contribution in [1.82, 2.24) is 5.48 Å². The van der Waals surface area contributed by atoms with Crippen molar-refractivity contribution in [2.24, 2.45) is 5.16 Å². The topological polar surface area (TPSA) is 168 Å². The van der Waals surface area contributed by atoms with E-state index in [1.807, 2.05) is 5.48 Å². The van der Waals surface area contributed by atoms with Crippen molar-refractivity contribution >= 4 is 22.8 Å². The number of terminal acetylenes is 1. The van der Waals surface area contributed by atoms with Crippen LogP contribution in [0.5, 0.6) is 11.5 Å². The summed E-state index contributed by atoms with van der Waals surface area (Å²) >= 11 is 0. The summed E-state index contributed by atoms with van der Waals surface area (Å²) < 4.78 is 28.6. The summed E-state index contributed by atoms with van der Waals surface area (Å²) in [5.74, 6) is 2.00. The molecular formula is C27H32N2O11. The minimum atomic E-state index is -1.55. The van der Waals surface area contributed by atoms with Crippen molar-refractivity contribution in [3.63, 3.8) is 0 Å². The molecule has 3 rings (SSSR count). The second kappa shape index (κ2) is 12.8. The number of amides is 1. The van der Waals surface area contributed by atoms with E-state index in [0.29, 0.717) is 5.56 Å². The van der Waals surface area contributed by atoms with Crippen LogP contribution in [-0.4, -0.2) is 73.0 Å². The summed E-state index contributed by atoms with van der Waals surface area (Å²) in [5.41, 5.74) is 0.369. The summed E-state index contributed by atoms with van der Waals surface area (Å²) in [7, 11) is 2.68. The van der Waals surface area contributed by atoms with Crippen LogP contribution in [0.1, 0.15) is 31.4 Å². The lowest BCUT2D eigenvalue weighted by molar-refractivity contribution is -0.309. The molecule has 0 spiro atoms. The Balaban J connectivity index is 1.99. The van der Waals surface area contributed by atoms with Gasteiger partial charge in [-0.25, -0.2) is 9.59 Å². The Bertz CT molecular complexity index is 1380. The number of aromatic hydroxyl groups is 1. The number of aryl methyl sites for hydroxylation is 1. The van der Waals surface area contributed by atoms with E-state index in [0.717, 1.165) is 0 Å². The Morgan fingerprint density at radius 2 is 2.10 bits per heavy atom. The monoisotopic (exact) mass is 560 g/mol. The molecule has 1 unspecified atom stereocenters. The van der Waals surface area contributed by atoms with Crippen molar-refractivity contribution in [3.8, 4) is 23.8 Å². The number of rotatable bonds is 10. The Hall–Kier alpha value is -4.09. The Kier molecular flexibility index (Phi) is 9.78. The molecule has 3 N–H and O–H groups in total. The van der Waals surface area contributed by atoms with Gasteiger partial charge in [0.05, 0.1) is 11.1 Å². The van der Waals surface area contributed by atoms with E-state index in [1.54, 1.807) is 19.9 Å². The summed E-state index contributed by atoms with van der Waals surface area (Å²) in [5, 5.41) is 25.9. The van der Waals surface area contributed by atoms with E-state index in [9.17, 15) is 19.8 Å². The highest BCUT2D eigenvalue weighted by Gasteiger charge is 2.55. The molecule has 40 heavy (non-hydrogen) atoms. The van der Waals surface area contributed by atoms with E-state index >= 15 is 0 Å². The number of hydroxylamine groups is 1. The molecule has 13 nitrogen and oxygen atoms in total. The molecule has 0 bridgehead atoms. The molecule has 216 valence electrons. The number of nitrogens with one attached hydrogen (secondary N) is 1. The van der Waals surface area contributed by atoms with Gasteiger partial charge < -0.3 is 38.4 Å². The number of carbonyl (C=O) groups is 1. The third-order valence-corrected chi connectivity index (χ3v) is 6.34. The zero-order valence-electron chi connectivity index (χ0n) is 22.8. The fourth-order valence-electron chi connectivity index (χ4n) is 4.55. The van der Waals surface area contributed by atoms with Crippen LogP contribution in [0.4, 0.5) is 4.79 Å². The molecule has 5 atom stereocenters. The van der Waals surface area contributed by atoms with Gasteiger partial charge in [-0.15, -0.1) is 13.0 Å². The van der Waals surface area contributed by atoms with E-state index in [-0.39, 0.29) is 46.8 Å². The normalized spacial score (nSPS) is 24.7. The van der Waals surface area contributed by atoms with Crippen LogP contribution in [0.2, 0.25) is 0 Å². The van der Waals surface area contributed by atoms with Gasteiger partial charge in [0.1, 0.15) is 48.1 Å². The van der Waals surface area contributed by atoms with Crippen molar-refractivity contribution in [1.29, 1.82) is 0 Å². The number of benzene rings is 1. The molecule has 1 saturated heterocycles. The number of fused-ring (bicyclic) bond motifs is 1. The van der Waals surface area contributed by atoms with Crippen LogP contribution in [0.3, 0.4) is 0 Å². The molecular weight excluding hydrogens is 528 g/mol. The highest BCUT2D eigenvalue weighted by atomic mass is 16.7. The first-order valence-corrected chi connectivity index (χ1v) is 12.1. The van der Waals surface area contributed by atoms with Gasteiger partial charge in [0.2, 0.25) is 6.29 Å². The lowest BCUT2D eigenvalue weighted by atomic mass is 9.85. The third kappa shape index (κ3) is 6.05. The van der Waals surface area contributed by atoms with Gasteiger partial charge in [-0.1, -0.05) is 17.2 Å². The summed E-state index contributed by atoms with van der Waals surface area (Å²) in [4.78, 5) is 34.5. The van der Waals surface area contributed by atoms with Gasteiger partial charge in [0.25, 0.3) is 0 Å². The molecule has 0 radical (unpaired) electrons. The molecule has 2 heterocycles. The largest absolute Gasteiger partial charge is 0.506 e. The maximum Gasteiger partial charge on any atom is 0.431 e. The van der Waals surface area contributed by atoms with Crippen LogP contribution >= 0.6 is 0 Å². The molecule has 13 heteroatoms. The Labute approximate surface area is 230 Å². The molecule has 1 aromatic heterocycles. The molecule has 0 saturated carbocycles. The molecule has 0 aliphatic carbocycles. The fraction of sp³-hybridized carbons (Fsp3) is 0.444. The predicted octanol–water partition coefficient (Wildman–Crippen LogP) is 2.28. The number of nitrogens with zero attached hydrogens (tertiary/aromatic N) is 1. The Morgan fingerprint density at radius 3 is 2.73 bits per heavy atom. The number of oxime groups is 1. The van der Waals surface area contributed by atoms with Crippen LogP contribution in [-0.2, 0) is 23.9 Å². The zero-order chi connectivity index (χ0) is 29.6. The van der Waals surface area contributed by atoms with Crippen molar-refractivity contribution < 1.29 is 48.0 Å². The van der Waals surface area contributed by atoms with Gasteiger partial charge in [-0.2, -0.15) is 5.48 Å². The van der Waals surface area contributed by atoms with E-state index in [2.05, 4.69) is 17.7 Å². The van der Waals surface area contributed by atoms with Gasteiger partial charge >= 0.3 is 11.7 Å². The standard InChI is InChI=1S/C27H32N2O11/c1-8-12-27(5)23(34-6)22(39-26(33)29-36-13-9-2)20(31)25(40-27)37-17-11-10-16-19(30)18(15(4)28-35-7)24(32)38-21(16)14(17)3/h2,8,10-11,20,22-23,25,30-31H,1,12-13H2,3-7H3,(H,29,33)/b28-15+/t20-,22+,23-,25?,27+/m1/s1. The van der Waals surface area contributed by atoms with Gasteiger partial charge in [0, 0.05) is 12.7 Å². The number of methoxy groups -OCH3 is 1. The van der Waals surface area contributed by atoms with Crippen LogP contribution in [0.25, 0.3) is 11.0 Å². The van der Waals surface area contributed by atoms with Crippen LogP contribution in [0.15, 0.2) is 39.2 Å². The summed E-state index contributed by atoms with van der Waals surface area (Å²) in [6, 6.07) is 2.98. The maximum atomic E-state index is 12.7. The van der Waals surface area contributed by atoms with E-state index in [4.69, 9.17) is 39.5 Å². The average molecular weight is 561 g/mol. The number of hydrogen-bond donors (Lipinski definition) is 3. The van der Waals surface area contributed by atoms with Gasteiger partial charge in [0.15, 0.2) is 12.2 Å². The number of aliphatic hydroxyl groups is 1. The van der Waals surface area contributed by atoms with Crippen LogP contribution in [0, 0.1) is 19.3 Å². The van der Waals surface area contributed by atoms with Gasteiger partial charge in [-0.3, -0.25) is 4.84 Å². The number of aliphatic hydroxyl groups excluding tert-OH is 1. The molecule has 1 aliphatic heterocycles. The van der Waals surface area contributed by atoms with E-state index < -0.39 is 41.9 Å². The number of hydrogen-bond acceptors (Lipinski definition) is 12. The third-order valence-electron chi connectivity index (χ3n) is 6.34. The molecule has 1 aliphatic rings. The highest BCUT2D eigenvalue weighted by Crippen LogP contribution is 2.39. The first-order valence-electron chi connectivity index (χ1n) is 12.1. The average Bonchev–Trinajstić information content (AvgIpc) is 2.89. The minimum absolute atomic E-state index is 0.0423. The SMILES string of the molecule is C#CCONC(=O)O[C@@H]1[C@@H](OC)[C@](C)(CC=C)OC(Oc2ccc3c(O)c(/C(C)=N/OC)c(=O)oc3c2C)[C@@H]1O. The molecule has 1 fully saturated rings. The highest BCUT2D eigenvalue weighted by molar-refractivity contribution is 6.04. The number of carbonyl (C=O) groups excluding carboxylic acids is 1. The molecule has 1 amide bonds. The second-order valence-corrected chi connectivity index (χ2v) is 9.06. The quantitative estimate of drug-likeness (QED) is 0.0974. The first kappa shape index (κ1) is 30.5. The number of ether oxygens (including phenoxy) is 4. The zero-order valence-corrected chi connectivity index (χ0v) is 22.8. The maximum absolute atomic E-state index is 12.7. The van der Waals surface area contributed by atoms with E-state index in [1.165, 1.54) is 33.3 Å². The van der Waals surface area contributed by atoms with Crippen molar-refractivity contribution in [3.05, 3.63) is 46.3 Å². The lowest BCUT2D eigenvalue weighted by Gasteiger charge is -2.48.